The van der Waals surface area contributed by atoms with E-state index in [1.165, 1.54) is 13.0 Å². The van der Waals surface area contributed by atoms with Crippen LogP contribution in [0.2, 0.25) is 0 Å². The summed E-state index contributed by atoms with van der Waals surface area (Å²) in [5, 5.41) is 18.7. The van der Waals surface area contributed by atoms with E-state index < -0.39 is 4.92 Å². The molecule has 0 saturated heterocycles. The fourth-order valence-electron chi connectivity index (χ4n) is 2.56. The molecule has 0 atom stereocenters. The number of methoxy groups -OCH3 is 1. The molecule has 128 valence electrons. The molecule has 1 N–H and O–H groups in total. The molecule has 0 fully saturated rings. The van der Waals surface area contributed by atoms with Crippen LogP contribution in [0.5, 0.6) is 5.88 Å². The molecule has 1 heterocycles. The van der Waals surface area contributed by atoms with Crippen molar-refractivity contribution in [2.45, 2.75) is 26.8 Å². The lowest BCUT2D eigenvalue weighted by Crippen LogP contribution is -2.06. The number of nitrogens with one attached hydrogen (secondary N) is 1. The number of aromatic nitrogens is 2. The molecule has 0 saturated carbocycles. The number of carbonyl (C=O) groups excluding carboxylic acids is 1. The highest BCUT2D eigenvalue weighted by atomic mass is 16.6. The molecule has 0 radical (unpaired) electrons. The highest BCUT2D eigenvalue weighted by Gasteiger charge is 2.19. The summed E-state index contributed by atoms with van der Waals surface area (Å²) in [4.78, 5) is 22.2. The third kappa shape index (κ3) is 3.37. The van der Waals surface area contributed by atoms with E-state index in [2.05, 4.69) is 10.4 Å². The summed E-state index contributed by atoms with van der Waals surface area (Å²) in [5.74, 6) is 0.397. The molecule has 0 aliphatic rings. The second-order valence-corrected chi connectivity index (χ2v) is 5.31. The Balaban J connectivity index is 2.33. The minimum absolute atomic E-state index is 0.136. The first-order valence-electron chi connectivity index (χ1n) is 7.51. The van der Waals surface area contributed by atoms with Crippen molar-refractivity contribution >= 4 is 17.2 Å². The van der Waals surface area contributed by atoms with E-state index in [0.717, 1.165) is 17.7 Å². The van der Waals surface area contributed by atoms with E-state index in [1.807, 2.05) is 6.92 Å². The van der Waals surface area contributed by atoms with Gasteiger partial charge in [0.15, 0.2) is 5.78 Å². The zero-order valence-corrected chi connectivity index (χ0v) is 14.1. The summed E-state index contributed by atoms with van der Waals surface area (Å²) in [6, 6.07) is 4.40. The average molecular weight is 332 g/mol. The number of hydrogen-bond acceptors (Lipinski definition) is 6. The normalized spacial score (nSPS) is 10.5. The number of hydrogen-bond donors (Lipinski definition) is 1. The lowest BCUT2D eigenvalue weighted by molar-refractivity contribution is -0.384. The van der Waals surface area contributed by atoms with Gasteiger partial charge in [-0.2, -0.15) is 5.10 Å². The van der Waals surface area contributed by atoms with Crippen LogP contribution in [0.15, 0.2) is 18.2 Å². The third-order valence-electron chi connectivity index (χ3n) is 3.76. The Morgan fingerprint density at radius 3 is 2.71 bits per heavy atom. The van der Waals surface area contributed by atoms with E-state index in [9.17, 15) is 14.9 Å². The van der Waals surface area contributed by atoms with Crippen LogP contribution in [0, 0.1) is 10.1 Å². The standard InChI is InChI=1S/C16H20N4O4/c1-5-13-12(16(24-4)19(3)18-13)9-17-14-7-6-11(10(2)21)8-15(14)20(22)23/h6-8,17H,5,9H2,1-4H3. The smallest absolute Gasteiger partial charge is 0.293 e. The number of Topliss-reactive ketones (excluding diaryl/α,β-unsaturated/α-hetero) is 1. The summed E-state index contributed by atoms with van der Waals surface area (Å²) in [5.41, 5.74) is 2.24. The van der Waals surface area contributed by atoms with Gasteiger partial charge in [0.25, 0.3) is 5.69 Å². The largest absolute Gasteiger partial charge is 0.481 e. The number of benzene rings is 1. The number of aryl methyl sites for hydroxylation is 2. The molecule has 0 aliphatic carbocycles. The summed E-state index contributed by atoms with van der Waals surface area (Å²) < 4.78 is 7.00. The van der Waals surface area contributed by atoms with Gasteiger partial charge in [-0.05, 0) is 25.5 Å². The first-order valence-corrected chi connectivity index (χ1v) is 7.51. The summed E-state index contributed by atoms with van der Waals surface area (Å²) in [6.07, 6.45) is 0.722. The topological polar surface area (TPSA) is 99.3 Å². The van der Waals surface area contributed by atoms with Crippen LogP contribution in [0.4, 0.5) is 11.4 Å². The van der Waals surface area contributed by atoms with E-state index in [-0.39, 0.29) is 11.5 Å². The number of anilines is 1. The van der Waals surface area contributed by atoms with Gasteiger partial charge in [-0.3, -0.25) is 14.9 Å². The SMILES string of the molecule is CCc1nn(C)c(OC)c1CNc1ccc(C(C)=O)cc1[N+](=O)[O-]. The number of nitrogens with zero attached hydrogens (tertiary/aromatic N) is 3. The Morgan fingerprint density at radius 1 is 1.46 bits per heavy atom. The average Bonchev–Trinajstić information content (AvgIpc) is 2.87. The molecular weight excluding hydrogens is 312 g/mol. The van der Waals surface area contributed by atoms with Gasteiger partial charge in [0, 0.05) is 25.2 Å². The van der Waals surface area contributed by atoms with E-state index in [1.54, 1.807) is 31.0 Å². The van der Waals surface area contributed by atoms with Crippen LogP contribution in [-0.2, 0) is 20.0 Å². The van der Waals surface area contributed by atoms with Crippen molar-refractivity contribution in [2.75, 3.05) is 12.4 Å². The second kappa shape index (κ2) is 7.12. The van der Waals surface area contributed by atoms with Gasteiger partial charge >= 0.3 is 0 Å². The summed E-state index contributed by atoms with van der Waals surface area (Å²) in [6.45, 7) is 3.69. The summed E-state index contributed by atoms with van der Waals surface area (Å²) in [7, 11) is 3.34. The predicted molar refractivity (Wildman–Crippen MR) is 89.6 cm³/mol. The molecule has 0 aliphatic heterocycles. The van der Waals surface area contributed by atoms with Gasteiger partial charge < -0.3 is 10.1 Å². The highest BCUT2D eigenvalue weighted by Crippen LogP contribution is 2.28. The van der Waals surface area contributed by atoms with Crippen molar-refractivity contribution in [1.82, 2.24) is 9.78 Å². The zero-order chi connectivity index (χ0) is 17.9. The van der Waals surface area contributed by atoms with Crippen molar-refractivity contribution < 1.29 is 14.5 Å². The molecule has 2 rings (SSSR count). The van der Waals surface area contributed by atoms with Crippen molar-refractivity contribution in [3.63, 3.8) is 0 Å². The van der Waals surface area contributed by atoms with Crippen LogP contribution in [0.1, 0.15) is 35.5 Å². The Kier molecular flexibility index (Phi) is 5.18. The van der Waals surface area contributed by atoms with Crippen molar-refractivity contribution in [3.05, 3.63) is 45.1 Å². The maximum atomic E-state index is 11.4. The van der Waals surface area contributed by atoms with E-state index >= 15 is 0 Å². The van der Waals surface area contributed by atoms with Crippen molar-refractivity contribution in [3.8, 4) is 5.88 Å². The first-order chi connectivity index (χ1) is 11.4. The minimum Gasteiger partial charge on any atom is -0.481 e. The lowest BCUT2D eigenvalue weighted by Gasteiger charge is -2.10. The van der Waals surface area contributed by atoms with Gasteiger partial charge in [-0.25, -0.2) is 4.68 Å². The quantitative estimate of drug-likeness (QED) is 0.475. The number of carbonyl (C=O) groups is 1. The number of rotatable bonds is 7. The maximum absolute atomic E-state index is 11.4. The molecule has 1 aromatic carbocycles. The first kappa shape index (κ1) is 17.5. The molecular formula is C16H20N4O4. The third-order valence-corrected chi connectivity index (χ3v) is 3.76. The summed E-state index contributed by atoms with van der Waals surface area (Å²) >= 11 is 0. The molecule has 24 heavy (non-hydrogen) atoms. The predicted octanol–water partition coefficient (Wildman–Crippen LogP) is 2.71. The molecule has 0 unspecified atom stereocenters. The minimum atomic E-state index is -0.504. The number of nitro benzene ring substituents is 1. The van der Waals surface area contributed by atoms with Gasteiger partial charge in [-0.1, -0.05) is 6.92 Å². The Hall–Kier alpha value is -2.90. The van der Waals surface area contributed by atoms with Gasteiger partial charge in [-0.15, -0.1) is 0 Å². The molecule has 8 nitrogen and oxygen atoms in total. The van der Waals surface area contributed by atoms with Crippen LogP contribution in [0.3, 0.4) is 0 Å². The van der Waals surface area contributed by atoms with Crippen molar-refractivity contribution in [2.24, 2.45) is 7.05 Å². The fraction of sp³-hybridized carbons (Fsp3) is 0.375. The number of nitro groups is 1. The van der Waals surface area contributed by atoms with Gasteiger partial charge in [0.05, 0.1) is 23.3 Å². The van der Waals surface area contributed by atoms with E-state index in [4.69, 9.17) is 4.74 Å². The van der Waals surface area contributed by atoms with Crippen molar-refractivity contribution in [1.29, 1.82) is 0 Å². The van der Waals surface area contributed by atoms with Gasteiger partial charge in [0.2, 0.25) is 5.88 Å². The number of ether oxygens (including phenoxy) is 1. The molecule has 0 amide bonds. The van der Waals surface area contributed by atoms with Gasteiger partial charge in [0.1, 0.15) is 5.69 Å². The molecule has 0 bridgehead atoms. The van der Waals surface area contributed by atoms with Crippen LogP contribution in [0.25, 0.3) is 0 Å². The highest BCUT2D eigenvalue weighted by molar-refractivity contribution is 5.95. The molecule has 1 aromatic heterocycles. The lowest BCUT2D eigenvalue weighted by atomic mass is 10.1. The van der Waals surface area contributed by atoms with E-state index in [0.29, 0.717) is 23.7 Å². The van der Waals surface area contributed by atoms with Crippen LogP contribution in [-0.4, -0.2) is 27.6 Å². The van der Waals surface area contributed by atoms with Crippen LogP contribution < -0.4 is 10.1 Å². The Labute approximate surface area is 139 Å². The number of ketones is 1. The van der Waals surface area contributed by atoms with Crippen LogP contribution >= 0.6 is 0 Å². The monoisotopic (exact) mass is 332 g/mol. The molecule has 8 heteroatoms. The maximum Gasteiger partial charge on any atom is 0.293 e. The molecule has 2 aromatic rings. The fourth-order valence-corrected chi connectivity index (χ4v) is 2.56. The molecule has 0 spiro atoms. The second-order valence-electron chi connectivity index (χ2n) is 5.31. The Bertz CT molecular complexity index is 783. The Morgan fingerprint density at radius 2 is 2.17 bits per heavy atom. The zero-order valence-electron chi connectivity index (χ0n) is 14.1.